The average molecular weight is 546 g/mol. The first-order valence-corrected chi connectivity index (χ1v) is 10.9. The quantitative estimate of drug-likeness (QED) is 0.296. The number of carbonyl (C=O) groups is 1. The second-order valence-corrected chi connectivity index (χ2v) is 8.44. The minimum absolute atomic E-state index is 0. The standard InChI is InChI=1S/C22H35FN6O.HI/c1-4-24-22(25-14-17-5-8-20(23)18(13-17)15-27(2)3)29-11-9-28(10-12-29)16-21(30)26-19-6-7-19;/h5,8,13,19H,4,6-7,9-12,14-16H2,1-3H3,(H,24,25)(H,26,30);1H. The van der Waals surface area contributed by atoms with Gasteiger partial charge in [-0.1, -0.05) is 6.07 Å². The molecule has 31 heavy (non-hydrogen) atoms. The van der Waals surface area contributed by atoms with Gasteiger partial charge in [-0.05, 0) is 51.6 Å². The number of nitrogens with one attached hydrogen (secondary N) is 2. The van der Waals surface area contributed by atoms with E-state index in [-0.39, 0.29) is 35.7 Å². The molecular weight excluding hydrogens is 510 g/mol. The van der Waals surface area contributed by atoms with E-state index >= 15 is 0 Å². The number of hydrogen-bond donors (Lipinski definition) is 2. The molecule has 0 aromatic heterocycles. The van der Waals surface area contributed by atoms with Crippen LogP contribution in [0.1, 0.15) is 30.9 Å². The van der Waals surface area contributed by atoms with Crippen molar-refractivity contribution in [2.24, 2.45) is 4.99 Å². The van der Waals surface area contributed by atoms with Crippen LogP contribution in [0.25, 0.3) is 0 Å². The first-order valence-electron chi connectivity index (χ1n) is 10.9. The molecule has 9 heteroatoms. The maximum Gasteiger partial charge on any atom is 0.234 e. The molecule has 0 radical (unpaired) electrons. The number of amides is 1. The number of nitrogens with zero attached hydrogens (tertiary/aromatic N) is 4. The van der Waals surface area contributed by atoms with Gasteiger partial charge in [0.1, 0.15) is 5.82 Å². The molecule has 1 heterocycles. The SMILES string of the molecule is CCNC(=NCc1ccc(F)c(CN(C)C)c1)N1CCN(CC(=O)NC2CC2)CC1.I. The van der Waals surface area contributed by atoms with Crippen molar-refractivity contribution >= 4 is 35.8 Å². The molecule has 1 amide bonds. The van der Waals surface area contributed by atoms with E-state index in [2.05, 4.69) is 27.4 Å². The summed E-state index contributed by atoms with van der Waals surface area (Å²) < 4.78 is 14.0. The van der Waals surface area contributed by atoms with Crippen LogP contribution in [0.15, 0.2) is 23.2 Å². The number of carbonyl (C=O) groups excluding carboxylic acids is 1. The smallest absolute Gasteiger partial charge is 0.234 e. The molecule has 174 valence electrons. The number of halogens is 2. The molecular formula is C22H36FIN6O. The number of rotatable bonds is 8. The number of benzene rings is 1. The van der Waals surface area contributed by atoms with Gasteiger partial charge < -0.3 is 20.4 Å². The monoisotopic (exact) mass is 546 g/mol. The fourth-order valence-electron chi connectivity index (χ4n) is 3.60. The fourth-order valence-corrected chi connectivity index (χ4v) is 3.60. The van der Waals surface area contributed by atoms with Crippen LogP contribution in [0, 0.1) is 5.82 Å². The van der Waals surface area contributed by atoms with Crippen LogP contribution in [0.5, 0.6) is 0 Å². The summed E-state index contributed by atoms with van der Waals surface area (Å²) in [5, 5.41) is 6.42. The zero-order valence-electron chi connectivity index (χ0n) is 18.9. The Hall–Kier alpha value is -1.46. The van der Waals surface area contributed by atoms with Crippen molar-refractivity contribution in [1.82, 2.24) is 25.3 Å². The highest BCUT2D eigenvalue weighted by molar-refractivity contribution is 14.0. The Morgan fingerprint density at radius 2 is 1.94 bits per heavy atom. The second kappa shape index (κ2) is 12.5. The first-order chi connectivity index (χ1) is 14.4. The van der Waals surface area contributed by atoms with E-state index in [4.69, 9.17) is 4.99 Å². The molecule has 2 fully saturated rings. The van der Waals surface area contributed by atoms with Gasteiger partial charge in [0, 0.05) is 50.9 Å². The van der Waals surface area contributed by atoms with Crippen LogP contribution in [0.2, 0.25) is 0 Å². The molecule has 0 bridgehead atoms. The molecule has 1 saturated carbocycles. The summed E-state index contributed by atoms with van der Waals surface area (Å²) in [6.45, 7) is 7.74. The minimum Gasteiger partial charge on any atom is -0.357 e. The van der Waals surface area contributed by atoms with Gasteiger partial charge in [-0.25, -0.2) is 9.38 Å². The average Bonchev–Trinajstić information content (AvgIpc) is 3.51. The van der Waals surface area contributed by atoms with E-state index in [1.165, 1.54) is 6.07 Å². The lowest BCUT2D eigenvalue weighted by Gasteiger charge is -2.36. The van der Waals surface area contributed by atoms with Crippen molar-refractivity contribution in [3.05, 3.63) is 35.1 Å². The lowest BCUT2D eigenvalue weighted by Crippen LogP contribution is -2.54. The predicted octanol–water partition coefficient (Wildman–Crippen LogP) is 1.87. The van der Waals surface area contributed by atoms with Crippen LogP contribution in [-0.2, 0) is 17.9 Å². The van der Waals surface area contributed by atoms with Crippen molar-refractivity contribution in [2.45, 2.75) is 38.9 Å². The molecule has 1 aromatic rings. The summed E-state index contributed by atoms with van der Waals surface area (Å²) in [7, 11) is 3.87. The number of aliphatic imine (C=N–C) groups is 1. The number of guanidine groups is 1. The van der Waals surface area contributed by atoms with Crippen molar-refractivity contribution < 1.29 is 9.18 Å². The zero-order valence-corrected chi connectivity index (χ0v) is 21.2. The van der Waals surface area contributed by atoms with Gasteiger partial charge in [-0.2, -0.15) is 0 Å². The Morgan fingerprint density at radius 3 is 2.55 bits per heavy atom. The van der Waals surface area contributed by atoms with E-state index in [1.54, 1.807) is 6.07 Å². The molecule has 2 aliphatic rings. The van der Waals surface area contributed by atoms with Crippen LogP contribution in [0.4, 0.5) is 4.39 Å². The normalized spacial score (nSPS) is 17.5. The Bertz CT molecular complexity index is 748. The lowest BCUT2D eigenvalue weighted by molar-refractivity contribution is -0.122. The van der Waals surface area contributed by atoms with Gasteiger partial charge in [-0.15, -0.1) is 24.0 Å². The number of piperazine rings is 1. The van der Waals surface area contributed by atoms with Crippen molar-refractivity contribution in [3.8, 4) is 0 Å². The summed E-state index contributed by atoms with van der Waals surface area (Å²) in [5.41, 5.74) is 1.69. The Kier molecular flexibility index (Phi) is 10.4. The van der Waals surface area contributed by atoms with Gasteiger partial charge in [-0.3, -0.25) is 9.69 Å². The second-order valence-electron chi connectivity index (χ2n) is 8.44. The molecule has 1 aromatic carbocycles. The third kappa shape index (κ3) is 8.53. The lowest BCUT2D eigenvalue weighted by atomic mass is 10.1. The van der Waals surface area contributed by atoms with Crippen molar-refractivity contribution in [1.29, 1.82) is 0 Å². The maximum atomic E-state index is 14.0. The van der Waals surface area contributed by atoms with E-state index in [0.717, 1.165) is 57.1 Å². The highest BCUT2D eigenvalue weighted by Crippen LogP contribution is 2.18. The third-order valence-electron chi connectivity index (χ3n) is 5.32. The van der Waals surface area contributed by atoms with Gasteiger partial charge in [0.15, 0.2) is 5.96 Å². The Morgan fingerprint density at radius 1 is 1.23 bits per heavy atom. The third-order valence-corrected chi connectivity index (χ3v) is 5.32. The van der Waals surface area contributed by atoms with E-state index in [1.807, 2.05) is 25.1 Å². The van der Waals surface area contributed by atoms with Crippen molar-refractivity contribution in [3.63, 3.8) is 0 Å². The van der Waals surface area contributed by atoms with Crippen LogP contribution >= 0.6 is 24.0 Å². The summed E-state index contributed by atoms with van der Waals surface area (Å²) in [6, 6.07) is 5.65. The summed E-state index contributed by atoms with van der Waals surface area (Å²) in [6.07, 6.45) is 2.24. The molecule has 1 saturated heterocycles. The Labute approximate surface area is 202 Å². The van der Waals surface area contributed by atoms with Crippen LogP contribution < -0.4 is 10.6 Å². The van der Waals surface area contributed by atoms with Gasteiger partial charge in [0.05, 0.1) is 13.1 Å². The van der Waals surface area contributed by atoms with Gasteiger partial charge >= 0.3 is 0 Å². The highest BCUT2D eigenvalue weighted by atomic mass is 127. The van der Waals surface area contributed by atoms with Crippen molar-refractivity contribution in [2.75, 3.05) is 53.4 Å². The summed E-state index contributed by atoms with van der Waals surface area (Å²) in [5.74, 6) is 0.833. The molecule has 7 nitrogen and oxygen atoms in total. The van der Waals surface area contributed by atoms with E-state index in [0.29, 0.717) is 31.2 Å². The molecule has 1 aliphatic carbocycles. The van der Waals surface area contributed by atoms with Crippen LogP contribution in [-0.4, -0.2) is 86.0 Å². The fraction of sp³-hybridized carbons (Fsp3) is 0.636. The van der Waals surface area contributed by atoms with Gasteiger partial charge in [0.2, 0.25) is 5.91 Å². The van der Waals surface area contributed by atoms with E-state index < -0.39 is 0 Å². The van der Waals surface area contributed by atoms with E-state index in [9.17, 15) is 9.18 Å². The molecule has 0 atom stereocenters. The molecule has 0 spiro atoms. The van der Waals surface area contributed by atoms with Gasteiger partial charge in [0.25, 0.3) is 0 Å². The highest BCUT2D eigenvalue weighted by Gasteiger charge is 2.25. The zero-order chi connectivity index (χ0) is 21.5. The maximum absolute atomic E-state index is 14.0. The largest absolute Gasteiger partial charge is 0.357 e. The Balaban J connectivity index is 0.00000341. The molecule has 1 aliphatic heterocycles. The number of hydrogen-bond acceptors (Lipinski definition) is 4. The predicted molar refractivity (Wildman–Crippen MR) is 133 cm³/mol. The molecule has 0 unspecified atom stereocenters. The van der Waals surface area contributed by atoms with Crippen LogP contribution in [0.3, 0.4) is 0 Å². The first kappa shape index (κ1) is 25.8. The molecule has 2 N–H and O–H groups in total. The topological polar surface area (TPSA) is 63.2 Å². The molecule has 3 rings (SSSR count). The summed E-state index contributed by atoms with van der Waals surface area (Å²) >= 11 is 0. The minimum atomic E-state index is -0.176. The summed E-state index contributed by atoms with van der Waals surface area (Å²) in [4.78, 5) is 23.2.